The quantitative estimate of drug-likeness (QED) is 0.662. The molecule has 98 valence electrons. The lowest BCUT2D eigenvalue weighted by molar-refractivity contribution is 1.17. The van der Waals surface area contributed by atoms with Gasteiger partial charge in [0.25, 0.3) is 0 Å². The van der Waals surface area contributed by atoms with Crippen molar-refractivity contribution in [3.63, 3.8) is 0 Å². The Morgan fingerprint density at radius 3 is 2.25 bits per heavy atom. The molecule has 3 aromatic rings. The van der Waals surface area contributed by atoms with Gasteiger partial charge < -0.3 is 0 Å². The van der Waals surface area contributed by atoms with Gasteiger partial charge in [-0.25, -0.2) is 9.97 Å². The normalized spacial score (nSPS) is 10.5. The Morgan fingerprint density at radius 1 is 0.900 bits per heavy atom. The molecular weight excluding hydrogens is 270 g/mol. The van der Waals surface area contributed by atoms with Gasteiger partial charge in [0.2, 0.25) is 0 Å². The maximum absolute atomic E-state index is 6.29. The summed E-state index contributed by atoms with van der Waals surface area (Å²) < 4.78 is 0. The van der Waals surface area contributed by atoms with E-state index in [4.69, 9.17) is 11.6 Å². The van der Waals surface area contributed by atoms with Crippen LogP contribution in [-0.2, 0) is 0 Å². The summed E-state index contributed by atoms with van der Waals surface area (Å²) in [6.07, 6.45) is 5.18. The second kappa shape index (κ2) is 5.39. The lowest BCUT2D eigenvalue weighted by atomic mass is 10.1. The number of hydrogen-bond donors (Lipinski definition) is 0. The minimum absolute atomic E-state index is 0.454. The van der Waals surface area contributed by atoms with Gasteiger partial charge in [0.05, 0.1) is 0 Å². The monoisotopic (exact) mass is 281 g/mol. The number of rotatable bonds is 2. The van der Waals surface area contributed by atoms with Gasteiger partial charge in [0, 0.05) is 29.7 Å². The van der Waals surface area contributed by atoms with Crippen LogP contribution in [0.1, 0.15) is 5.56 Å². The highest BCUT2D eigenvalue weighted by Gasteiger charge is 2.08. The van der Waals surface area contributed by atoms with E-state index < -0.39 is 0 Å². The number of hydrogen-bond acceptors (Lipinski definition) is 3. The average molecular weight is 282 g/mol. The first-order valence-corrected chi connectivity index (χ1v) is 6.62. The molecule has 0 unspecified atom stereocenters. The molecule has 0 aliphatic rings. The summed E-state index contributed by atoms with van der Waals surface area (Å²) in [6.45, 7) is 2.05. The minimum Gasteiger partial charge on any atom is -0.265 e. The fraction of sp³-hybridized carbons (Fsp3) is 0.0625. The number of nitrogens with zero attached hydrogens (tertiary/aromatic N) is 3. The van der Waals surface area contributed by atoms with E-state index in [0.29, 0.717) is 11.0 Å². The molecule has 3 nitrogen and oxygen atoms in total. The molecular formula is C16H12ClN3. The lowest BCUT2D eigenvalue weighted by Crippen LogP contribution is -1.92. The third-order valence-electron chi connectivity index (χ3n) is 3.04. The first-order chi connectivity index (χ1) is 9.74. The molecule has 4 heteroatoms. The number of halogens is 1. The van der Waals surface area contributed by atoms with Crippen molar-refractivity contribution in [3.05, 3.63) is 65.7 Å². The molecule has 0 amide bonds. The van der Waals surface area contributed by atoms with Crippen molar-refractivity contribution in [1.82, 2.24) is 15.0 Å². The second-order valence-corrected chi connectivity index (χ2v) is 4.86. The molecule has 0 fully saturated rings. The minimum atomic E-state index is 0.454. The van der Waals surface area contributed by atoms with Gasteiger partial charge in [-0.1, -0.05) is 41.4 Å². The molecule has 0 aliphatic heterocycles. The van der Waals surface area contributed by atoms with Gasteiger partial charge in [-0.3, -0.25) is 4.98 Å². The van der Waals surface area contributed by atoms with E-state index in [-0.39, 0.29) is 0 Å². The fourth-order valence-corrected chi connectivity index (χ4v) is 2.17. The van der Waals surface area contributed by atoms with Crippen LogP contribution >= 0.6 is 11.6 Å². The lowest BCUT2D eigenvalue weighted by Gasteiger charge is -2.06. The maximum Gasteiger partial charge on any atom is 0.160 e. The van der Waals surface area contributed by atoms with Gasteiger partial charge >= 0.3 is 0 Å². The van der Waals surface area contributed by atoms with Crippen molar-refractivity contribution in [1.29, 1.82) is 0 Å². The molecule has 2 aromatic heterocycles. The summed E-state index contributed by atoms with van der Waals surface area (Å²) >= 11 is 6.29. The van der Waals surface area contributed by atoms with Crippen molar-refractivity contribution in [3.8, 4) is 22.5 Å². The molecule has 0 N–H and O–H groups in total. The Morgan fingerprint density at radius 2 is 1.60 bits per heavy atom. The maximum atomic E-state index is 6.29. The number of pyridine rings is 1. The van der Waals surface area contributed by atoms with Crippen molar-refractivity contribution in [2.45, 2.75) is 6.92 Å². The van der Waals surface area contributed by atoms with Crippen LogP contribution in [0.4, 0.5) is 0 Å². The van der Waals surface area contributed by atoms with E-state index in [1.165, 1.54) is 5.56 Å². The summed E-state index contributed by atoms with van der Waals surface area (Å²) in [7, 11) is 0. The van der Waals surface area contributed by atoms with Crippen molar-refractivity contribution < 1.29 is 0 Å². The van der Waals surface area contributed by atoms with E-state index in [0.717, 1.165) is 16.7 Å². The Hall–Kier alpha value is -2.26. The predicted molar refractivity (Wildman–Crippen MR) is 80.4 cm³/mol. The predicted octanol–water partition coefficient (Wildman–Crippen LogP) is 4.17. The Labute approximate surface area is 122 Å². The summed E-state index contributed by atoms with van der Waals surface area (Å²) in [5.41, 5.74) is 3.96. The van der Waals surface area contributed by atoms with Gasteiger partial charge in [-0.15, -0.1) is 0 Å². The van der Waals surface area contributed by atoms with Crippen molar-refractivity contribution in [2.75, 3.05) is 0 Å². The first-order valence-electron chi connectivity index (χ1n) is 6.24. The smallest absolute Gasteiger partial charge is 0.160 e. The standard InChI is InChI=1S/C16H12ClN3/c1-11-2-4-12(5-3-11)14-10-19-16(20-15(14)17)13-6-8-18-9-7-13/h2-10H,1H3. The van der Waals surface area contributed by atoms with Gasteiger partial charge in [-0.05, 0) is 24.6 Å². The number of aryl methyl sites for hydroxylation is 1. The summed E-state index contributed by atoms with van der Waals surface area (Å²) in [5.74, 6) is 0.605. The van der Waals surface area contributed by atoms with Crippen LogP contribution < -0.4 is 0 Å². The Kier molecular flexibility index (Phi) is 3.44. The molecule has 0 radical (unpaired) electrons. The van der Waals surface area contributed by atoms with Crippen LogP contribution in [0.25, 0.3) is 22.5 Å². The zero-order valence-electron chi connectivity index (χ0n) is 10.9. The zero-order chi connectivity index (χ0) is 13.9. The molecule has 0 saturated heterocycles. The Bertz CT molecular complexity index is 724. The molecule has 0 spiro atoms. The van der Waals surface area contributed by atoms with Gasteiger partial charge in [0.15, 0.2) is 5.82 Å². The van der Waals surface area contributed by atoms with Gasteiger partial charge in [0.1, 0.15) is 5.15 Å². The van der Waals surface area contributed by atoms with E-state index in [1.807, 2.05) is 36.4 Å². The number of benzene rings is 1. The SMILES string of the molecule is Cc1ccc(-c2cnc(-c3ccncc3)nc2Cl)cc1. The fourth-order valence-electron chi connectivity index (χ4n) is 1.93. The molecule has 20 heavy (non-hydrogen) atoms. The van der Waals surface area contributed by atoms with Crippen molar-refractivity contribution >= 4 is 11.6 Å². The van der Waals surface area contributed by atoms with E-state index in [9.17, 15) is 0 Å². The average Bonchev–Trinajstić information content (AvgIpc) is 2.49. The molecule has 3 rings (SSSR count). The summed E-state index contributed by atoms with van der Waals surface area (Å²) in [4.78, 5) is 12.7. The molecule has 0 saturated carbocycles. The summed E-state index contributed by atoms with van der Waals surface area (Å²) in [5, 5.41) is 0.454. The number of aromatic nitrogens is 3. The molecule has 0 bridgehead atoms. The van der Waals surface area contributed by atoms with Crippen LogP contribution in [0, 0.1) is 6.92 Å². The second-order valence-electron chi connectivity index (χ2n) is 4.50. The Balaban J connectivity index is 2.02. The largest absolute Gasteiger partial charge is 0.265 e. The topological polar surface area (TPSA) is 38.7 Å². The molecule has 0 atom stereocenters. The third kappa shape index (κ3) is 2.53. The first kappa shape index (κ1) is 12.8. The molecule has 1 aromatic carbocycles. The van der Waals surface area contributed by atoms with Crippen LogP contribution in [0.15, 0.2) is 55.0 Å². The van der Waals surface area contributed by atoms with Crippen molar-refractivity contribution in [2.24, 2.45) is 0 Å². The third-order valence-corrected chi connectivity index (χ3v) is 3.33. The highest BCUT2D eigenvalue weighted by atomic mass is 35.5. The molecule has 0 aliphatic carbocycles. The highest BCUT2D eigenvalue weighted by molar-refractivity contribution is 6.32. The van der Waals surface area contributed by atoms with Crippen LogP contribution in [0.3, 0.4) is 0 Å². The molecule has 2 heterocycles. The summed E-state index contributed by atoms with van der Waals surface area (Å²) in [6, 6.07) is 11.8. The van der Waals surface area contributed by atoms with Crippen LogP contribution in [0.5, 0.6) is 0 Å². The van der Waals surface area contributed by atoms with Crippen LogP contribution in [-0.4, -0.2) is 15.0 Å². The zero-order valence-corrected chi connectivity index (χ0v) is 11.7. The highest BCUT2D eigenvalue weighted by Crippen LogP contribution is 2.27. The van der Waals surface area contributed by atoms with Gasteiger partial charge in [-0.2, -0.15) is 0 Å². The van der Waals surface area contributed by atoms with E-state index in [2.05, 4.69) is 21.9 Å². The van der Waals surface area contributed by atoms with Crippen LogP contribution in [0.2, 0.25) is 5.15 Å². The van der Waals surface area contributed by atoms with E-state index >= 15 is 0 Å². The van der Waals surface area contributed by atoms with E-state index in [1.54, 1.807) is 18.6 Å².